The molecule has 0 aliphatic carbocycles. The highest BCUT2D eigenvalue weighted by Crippen LogP contribution is 2.28. The Bertz CT molecular complexity index is 1000. The summed E-state index contributed by atoms with van der Waals surface area (Å²) in [6.07, 6.45) is 1.45. The van der Waals surface area contributed by atoms with Gasteiger partial charge in [-0.15, -0.1) is 11.3 Å². The Morgan fingerprint density at radius 3 is 2.60 bits per heavy atom. The molecule has 1 aromatic heterocycles. The molecule has 0 unspecified atom stereocenters. The average molecular weight is 351 g/mol. The van der Waals surface area contributed by atoms with Gasteiger partial charge in [-0.1, -0.05) is 18.2 Å². The lowest BCUT2D eigenvalue weighted by atomic mass is 10.1. The van der Waals surface area contributed by atoms with Gasteiger partial charge in [0.05, 0.1) is 16.2 Å². The van der Waals surface area contributed by atoms with Crippen molar-refractivity contribution in [1.82, 2.24) is 4.98 Å². The van der Waals surface area contributed by atoms with Crippen LogP contribution in [0.25, 0.3) is 22.9 Å². The van der Waals surface area contributed by atoms with Crippen LogP contribution in [-0.4, -0.2) is 9.91 Å². The minimum atomic E-state index is -0.471. The van der Waals surface area contributed by atoms with E-state index < -0.39 is 10.7 Å². The van der Waals surface area contributed by atoms with E-state index in [0.29, 0.717) is 21.8 Å². The molecule has 0 saturated heterocycles. The van der Waals surface area contributed by atoms with Crippen LogP contribution in [0.15, 0.2) is 53.9 Å². The molecule has 5 nitrogen and oxygen atoms in total. The second kappa shape index (κ2) is 7.03. The monoisotopic (exact) mass is 351 g/mol. The van der Waals surface area contributed by atoms with E-state index in [2.05, 4.69) is 4.98 Å². The fourth-order valence-electron chi connectivity index (χ4n) is 2.17. The molecular weight excluding hydrogens is 341 g/mol. The van der Waals surface area contributed by atoms with Crippen LogP contribution >= 0.6 is 11.3 Å². The number of hydrogen-bond acceptors (Lipinski definition) is 5. The number of nitro groups is 1. The summed E-state index contributed by atoms with van der Waals surface area (Å²) in [7, 11) is 0. The first-order valence-corrected chi connectivity index (χ1v) is 8.03. The molecule has 0 saturated carbocycles. The predicted molar refractivity (Wildman–Crippen MR) is 94.1 cm³/mol. The van der Waals surface area contributed by atoms with Gasteiger partial charge in [0.15, 0.2) is 0 Å². The van der Waals surface area contributed by atoms with Gasteiger partial charge in [0.2, 0.25) is 0 Å². The summed E-state index contributed by atoms with van der Waals surface area (Å²) in [6.45, 7) is 0. The maximum Gasteiger partial charge on any atom is 0.269 e. The first kappa shape index (κ1) is 16.5. The number of allylic oxidation sites excluding steroid dienone is 1. The smallest absolute Gasteiger partial charge is 0.258 e. The predicted octanol–water partition coefficient (Wildman–Crippen LogP) is 4.92. The topological polar surface area (TPSA) is 79.8 Å². The van der Waals surface area contributed by atoms with Gasteiger partial charge in [-0.2, -0.15) is 5.26 Å². The Balaban J connectivity index is 1.93. The van der Waals surface area contributed by atoms with Crippen molar-refractivity contribution in [1.29, 1.82) is 5.26 Å². The Morgan fingerprint density at radius 2 is 1.96 bits per heavy atom. The Labute approximate surface area is 146 Å². The van der Waals surface area contributed by atoms with Gasteiger partial charge in [0, 0.05) is 28.6 Å². The van der Waals surface area contributed by atoms with Crippen molar-refractivity contribution in [2.24, 2.45) is 0 Å². The first-order chi connectivity index (χ1) is 12.1. The molecule has 0 amide bonds. The van der Waals surface area contributed by atoms with Gasteiger partial charge in [-0.25, -0.2) is 9.37 Å². The number of hydrogen-bond donors (Lipinski definition) is 0. The molecule has 0 aliphatic heterocycles. The van der Waals surface area contributed by atoms with Crippen LogP contribution in [0.3, 0.4) is 0 Å². The molecule has 7 heteroatoms. The third kappa shape index (κ3) is 3.59. The molecule has 0 bridgehead atoms. The number of aromatic nitrogens is 1. The zero-order valence-electron chi connectivity index (χ0n) is 12.7. The fraction of sp³-hybridized carbons (Fsp3) is 0. The van der Waals surface area contributed by atoms with Gasteiger partial charge in [0.1, 0.15) is 16.9 Å². The van der Waals surface area contributed by atoms with Crippen molar-refractivity contribution in [3.05, 3.63) is 80.4 Å². The number of nitriles is 1. The zero-order chi connectivity index (χ0) is 17.8. The maximum absolute atomic E-state index is 13.7. The first-order valence-electron chi connectivity index (χ1n) is 7.15. The van der Waals surface area contributed by atoms with E-state index in [1.165, 1.54) is 35.6 Å². The quantitative estimate of drug-likeness (QED) is 0.379. The standard InChI is InChI=1S/C18H10FN3O2S/c19-16-4-2-1-3-13(16)9-14(10-20)18-21-17(11-25-18)12-5-7-15(8-6-12)22(23)24/h1-9,11H. The van der Waals surface area contributed by atoms with Gasteiger partial charge in [-0.3, -0.25) is 10.1 Å². The SMILES string of the molecule is N#CC(=Cc1ccccc1F)c1nc(-c2ccc([N+](=O)[O-])cc2)cs1. The Kier molecular flexibility index (Phi) is 4.64. The molecule has 0 radical (unpaired) electrons. The van der Waals surface area contributed by atoms with E-state index in [-0.39, 0.29) is 11.3 Å². The summed E-state index contributed by atoms with van der Waals surface area (Å²) in [5, 5.41) is 22.3. The third-order valence-corrected chi connectivity index (χ3v) is 4.31. The normalized spacial score (nSPS) is 11.1. The van der Waals surface area contributed by atoms with E-state index in [9.17, 15) is 19.8 Å². The van der Waals surface area contributed by atoms with Crippen LogP contribution in [0.5, 0.6) is 0 Å². The van der Waals surface area contributed by atoms with Gasteiger partial charge >= 0.3 is 0 Å². The zero-order valence-corrected chi connectivity index (χ0v) is 13.5. The van der Waals surface area contributed by atoms with Crippen molar-refractivity contribution < 1.29 is 9.31 Å². The van der Waals surface area contributed by atoms with E-state index in [1.807, 2.05) is 6.07 Å². The van der Waals surface area contributed by atoms with E-state index in [0.717, 1.165) is 0 Å². The van der Waals surface area contributed by atoms with E-state index in [4.69, 9.17) is 0 Å². The number of benzene rings is 2. The molecule has 3 aromatic rings. The van der Waals surface area contributed by atoms with Crippen LogP contribution in [-0.2, 0) is 0 Å². The maximum atomic E-state index is 13.7. The molecular formula is C18H10FN3O2S. The minimum Gasteiger partial charge on any atom is -0.258 e. The third-order valence-electron chi connectivity index (χ3n) is 3.43. The lowest BCUT2D eigenvalue weighted by Gasteiger charge is -1.98. The molecule has 25 heavy (non-hydrogen) atoms. The fourth-order valence-corrected chi connectivity index (χ4v) is 2.97. The molecule has 2 aromatic carbocycles. The number of rotatable bonds is 4. The summed E-state index contributed by atoms with van der Waals surface area (Å²) < 4.78 is 13.7. The van der Waals surface area contributed by atoms with Crippen LogP contribution in [0.2, 0.25) is 0 Å². The largest absolute Gasteiger partial charge is 0.269 e. The molecule has 0 N–H and O–H groups in total. The van der Waals surface area contributed by atoms with Gasteiger partial charge < -0.3 is 0 Å². The summed E-state index contributed by atoms with van der Waals surface area (Å²) >= 11 is 1.25. The van der Waals surface area contributed by atoms with Crippen LogP contribution in [0.1, 0.15) is 10.6 Å². The van der Waals surface area contributed by atoms with E-state index >= 15 is 0 Å². The molecule has 0 fully saturated rings. The highest BCUT2D eigenvalue weighted by atomic mass is 32.1. The lowest BCUT2D eigenvalue weighted by molar-refractivity contribution is -0.384. The van der Waals surface area contributed by atoms with Crippen molar-refractivity contribution in [2.45, 2.75) is 0 Å². The van der Waals surface area contributed by atoms with Crippen LogP contribution in [0, 0.1) is 27.3 Å². The molecule has 3 rings (SSSR count). The van der Waals surface area contributed by atoms with Gasteiger partial charge in [-0.05, 0) is 24.3 Å². The highest BCUT2D eigenvalue weighted by molar-refractivity contribution is 7.11. The minimum absolute atomic E-state index is 0.00337. The van der Waals surface area contributed by atoms with Crippen LogP contribution < -0.4 is 0 Å². The Morgan fingerprint density at radius 1 is 1.24 bits per heavy atom. The second-order valence-corrected chi connectivity index (χ2v) is 5.89. The summed E-state index contributed by atoms with van der Waals surface area (Å²) in [5.74, 6) is -0.414. The number of nitrogens with zero attached hydrogens (tertiary/aromatic N) is 3. The number of nitro benzene ring substituents is 1. The number of thiazole rings is 1. The van der Waals surface area contributed by atoms with Crippen molar-refractivity contribution >= 4 is 28.7 Å². The molecule has 0 atom stereocenters. The van der Waals surface area contributed by atoms with Gasteiger partial charge in [0.25, 0.3) is 5.69 Å². The molecule has 1 heterocycles. The average Bonchev–Trinajstić information content (AvgIpc) is 3.11. The van der Waals surface area contributed by atoms with Crippen molar-refractivity contribution in [3.63, 3.8) is 0 Å². The van der Waals surface area contributed by atoms with E-state index in [1.54, 1.807) is 35.7 Å². The number of halogens is 1. The number of non-ortho nitro benzene ring substituents is 1. The highest BCUT2D eigenvalue weighted by Gasteiger charge is 2.11. The Hall–Kier alpha value is -3.37. The molecule has 0 aliphatic rings. The lowest BCUT2D eigenvalue weighted by Crippen LogP contribution is -1.88. The summed E-state index contributed by atoms with van der Waals surface area (Å²) in [6, 6.07) is 14.2. The summed E-state index contributed by atoms with van der Waals surface area (Å²) in [5.41, 5.74) is 1.87. The van der Waals surface area contributed by atoms with Crippen molar-refractivity contribution in [3.8, 4) is 17.3 Å². The van der Waals surface area contributed by atoms with Crippen molar-refractivity contribution in [2.75, 3.05) is 0 Å². The summed E-state index contributed by atoms with van der Waals surface area (Å²) in [4.78, 5) is 14.6. The van der Waals surface area contributed by atoms with Crippen LogP contribution in [0.4, 0.5) is 10.1 Å². The second-order valence-electron chi connectivity index (χ2n) is 5.03. The molecule has 122 valence electrons. The molecule has 0 spiro atoms.